The molecule has 0 fully saturated rings. The lowest BCUT2D eigenvalue weighted by Gasteiger charge is -2.21. The zero-order valence-electron chi connectivity index (χ0n) is 8.90. The van der Waals surface area contributed by atoms with Crippen LogP contribution in [0.3, 0.4) is 0 Å². The van der Waals surface area contributed by atoms with Crippen LogP contribution in [0, 0.1) is 5.92 Å². The highest BCUT2D eigenvalue weighted by Gasteiger charge is 2.16. The van der Waals surface area contributed by atoms with E-state index in [2.05, 4.69) is 46.9 Å². The van der Waals surface area contributed by atoms with Crippen molar-refractivity contribution in [3.05, 3.63) is 34.8 Å². The average Bonchev–Trinajstić information content (AvgIpc) is 2.87. The number of aromatic amines is 1. The summed E-state index contributed by atoms with van der Waals surface area (Å²) in [4.78, 5) is 1.37. The normalized spacial score (nSPS) is 13.0. The molecule has 0 bridgehead atoms. The first kappa shape index (κ1) is 10.2. The number of H-pyrrole nitrogens is 1. The summed E-state index contributed by atoms with van der Waals surface area (Å²) in [5, 5.41) is 12.3. The minimum atomic E-state index is 0.364. The van der Waals surface area contributed by atoms with Gasteiger partial charge >= 0.3 is 0 Å². The molecular formula is C11H15N3S. The highest BCUT2D eigenvalue weighted by atomic mass is 32.1. The van der Waals surface area contributed by atoms with Crippen molar-refractivity contribution < 1.29 is 0 Å². The predicted octanol–water partition coefficient (Wildman–Crippen LogP) is 3.28. The van der Waals surface area contributed by atoms with Gasteiger partial charge in [0.25, 0.3) is 0 Å². The molecule has 0 aliphatic heterocycles. The second-order valence-corrected chi connectivity index (χ2v) is 4.85. The van der Waals surface area contributed by atoms with E-state index in [-0.39, 0.29) is 0 Å². The molecule has 2 aromatic heterocycles. The van der Waals surface area contributed by atoms with E-state index in [0.717, 1.165) is 5.69 Å². The molecule has 1 unspecified atom stereocenters. The van der Waals surface area contributed by atoms with Gasteiger partial charge in [-0.05, 0) is 17.4 Å². The Labute approximate surface area is 93.5 Å². The van der Waals surface area contributed by atoms with Gasteiger partial charge in [-0.25, -0.2) is 0 Å². The summed E-state index contributed by atoms with van der Waals surface area (Å²) in [5.74, 6) is 0.554. The molecule has 15 heavy (non-hydrogen) atoms. The van der Waals surface area contributed by atoms with Gasteiger partial charge in [0.05, 0.1) is 17.9 Å². The Kier molecular flexibility index (Phi) is 3.06. The van der Waals surface area contributed by atoms with Gasteiger partial charge in [-0.15, -0.1) is 11.3 Å². The molecule has 0 amide bonds. The molecule has 2 aromatic rings. The lowest BCUT2D eigenvalue weighted by Crippen LogP contribution is -2.15. The van der Waals surface area contributed by atoms with Gasteiger partial charge in [-0.2, -0.15) is 5.10 Å². The number of aromatic nitrogens is 2. The van der Waals surface area contributed by atoms with Crippen molar-refractivity contribution in [2.24, 2.45) is 5.92 Å². The van der Waals surface area contributed by atoms with Crippen molar-refractivity contribution >= 4 is 17.0 Å². The van der Waals surface area contributed by atoms with E-state index in [9.17, 15) is 0 Å². The third kappa shape index (κ3) is 2.39. The molecular weight excluding hydrogens is 206 g/mol. The molecule has 3 nitrogen and oxygen atoms in total. The molecule has 0 saturated carbocycles. The zero-order valence-corrected chi connectivity index (χ0v) is 9.71. The quantitative estimate of drug-likeness (QED) is 0.831. The molecule has 0 aromatic carbocycles. The smallest absolute Gasteiger partial charge is 0.0728 e. The van der Waals surface area contributed by atoms with Gasteiger partial charge in [0.15, 0.2) is 0 Å². The number of anilines is 1. The first-order valence-corrected chi connectivity index (χ1v) is 5.94. The van der Waals surface area contributed by atoms with Gasteiger partial charge in [0.2, 0.25) is 0 Å². The SMILES string of the molecule is CC(C)C(Nc1cn[nH]c1)c1cccs1. The Morgan fingerprint density at radius 1 is 1.47 bits per heavy atom. The second-order valence-electron chi connectivity index (χ2n) is 3.87. The van der Waals surface area contributed by atoms with E-state index in [1.807, 2.05) is 12.4 Å². The van der Waals surface area contributed by atoms with Crippen LogP contribution in [0.1, 0.15) is 24.8 Å². The number of thiophene rings is 1. The first-order chi connectivity index (χ1) is 7.27. The Morgan fingerprint density at radius 2 is 2.33 bits per heavy atom. The molecule has 0 spiro atoms. The third-order valence-corrected chi connectivity index (χ3v) is 3.29. The lowest BCUT2D eigenvalue weighted by atomic mass is 10.0. The van der Waals surface area contributed by atoms with E-state index in [4.69, 9.17) is 0 Å². The van der Waals surface area contributed by atoms with E-state index < -0.39 is 0 Å². The number of hydrogen-bond donors (Lipinski definition) is 2. The average molecular weight is 221 g/mol. The summed E-state index contributed by atoms with van der Waals surface area (Å²) in [6.45, 7) is 4.44. The Morgan fingerprint density at radius 3 is 2.87 bits per heavy atom. The molecule has 2 heterocycles. The lowest BCUT2D eigenvalue weighted by molar-refractivity contribution is 0.554. The molecule has 2 N–H and O–H groups in total. The molecule has 2 rings (SSSR count). The third-order valence-electron chi connectivity index (χ3n) is 2.34. The van der Waals surface area contributed by atoms with Crippen LogP contribution >= 0.6 is 11.3 Å². The summed E-state index contributed by atoms with van der Waals surface area (Å²) in [6.07, 6.45) is 3.69. The number of rotatable bonds is 4. The molecule has 0 radical (unpaired) electrons. The van der Waals surface area contributed by atoms with E-state index in [1.165, 1.54) is 4.88 Å². The number of nitrogens with zero attached hydrogens (tertiary/aromatic N) is 1. The number of hydrogen-bond acceptors (Lipinski definition) is 3. The molecule has 1 atom stereocenters. The Bertz CT molecular complexity index is 378. The van der Waals surface area contributed by atoms with Gasteiger partial charge in [0, 0.05) is 11.1 Å². The van der Waals surface area contributed by atoms with Crippen LogP contribution in [0.15, 0.2) is 29.9 Å². The van der Waals surface area contributed by atoms with E-state index >= 15 is 0 Å². The highest BCUT2D eigenvalue weighted by Crippen LogP contribution is 2.29. The standard InChI is InChI=1S/C11H15N3S/c1-8(2)11(10-4-3-5-15-10)14-9-6-12-13-7-9/h3-8,11,14H,1-2H3,(H,12,13). The van der Waals surface area contributed by atoms with E-state index in [0.29, 0.717) is 12.0 Å². The minimum absolute atomic E-state index is 0.364. The molecule has 0 aliphatic carbocycles. The Hall–Kier alpha value is -1.29. The second kappa shape index (κ2) is 4.49. The van der Waals surface area contributed by atoms with Crippen LogP contribution in [0.25, 0.3) is 0 Å². The van der Waals surface area contributed by atoms with Crippen LogP contribution in [0.4, 0.5) is 5.69 Å². The fraction of sp³-hybridized carbons (Fsp3) is 0.364. The van der Waals surface area contributed by atoms with Crippen molar-refractivity contribution in [1.82, 2.24) is 10.2 Å². The van der Waals surface area contributed by atoms with Crippen molar-refractivity contribution in [2.75, 3.05) is 5.32 Å². The van der Waals surface area contributed by atoms with Crippen LogP contribution in [0.2, 0.25) is 0 Å². The van der Waals surface area contributed by atoms with Crippen molar-refractivity contribution in [2.45, 2.75) is 19.9 Å². The maximum absolute atomic E-state index is 3.93. The summed E-state index contributed by atoms with van der Waals surface area (Å²) in [5.41, 5.74) is 1.04. The summed E-state index contributed by atoms with van der Waals surface area (Å²) in [6, 6.07) is 4.62. The largest absolute Gasteiger partial charge is 0.375 e. The fourth-order valence-electron chi connectivity index (χ4n) is 1.54. The molecule has 0 aliphatic rings. The van der Waals surface area contributed by atoms with Crippen molar-refractivity contribution in [3.8, 4) is 0 Å². The maximum atomic E-state index is 3.93. The van der Waals surface area contributed by atoms with Gasteiger partial charge in [-0.3, -0.25) is 5.10 Å². The predicted molar refractivity (Wildman–Crippen MR) is 64.1 cm³/mol. The van der Waals surface area contributed by atoms with Crippen LogP contribution < -0.4 is 5.32 Å². The van der Waals surface area contributed by atoms with Gasteiger partial charge < -0.3 is 5.32 Å². The van der Waals surface area contributed by atoms with Gasteiger partial charge in [-0.1, -0.05) is 19.9 Å². The number of nitrogens with one attached hydrogen (secondary N) is 2. The van der Waals surface area contributed by atoms with Crippen LogP contribution in [0.5, 0.6) is 0 Å². The molecule has 4 heteroatoms. The zero-order chi connectivity index (χ0) is 10.7. The van der Waals surface area contributed by atoms with Crippen molar-refractivity contribution in [1.29, 1.82) is 0 Å². The Balaban J connectivity index is 2.14. The van der Waals surface area contributed by atoms with E-state index in [1.54, 1.807) is 11.3 Å². The fourth-order valence-corrected chi connectivity index (χ4v) is 2.49. The minimum Gasteiger partial charge on any atom is -0.375 e. The monoisotopic (exact) mass is 221 g/mol. The summed E-state index contributed by atoms with van der Waals surface area (Å²) >= 11 is 1.79. The van der Waals surface area contributed by atoms with Crippen LogP contribution in [-0.2, 0) is 0 Å². The topological polar surface area (TPSA) is 40.7 Å². The summed E-state index contributed by atoms with van der Waals surface area (Å²) < 4.78 is 0. The van der Waals surface area contributed by atoms with Crippen molar-refractivity contribution in [3.63, 3.8) is 0 Å². The molecule has 0 saturated heterocycles. The van der Waals surface area contributed by atoms with Crippen LogP contribution in [-0.4, -0.2) is 10.2 Å². The van der Waals surface area contributed by atoms with Gasteiger partial charge in [0.1, 0.15) is 0 Å². The first-order valence-electron chi connectivity index (χ1n) is 5.06. The summed E-state index contributed by atoms with van der Waals surface area (Å²) in [7, 11) is 0. The maximum Gasteiger partial charge on any atom is 0.0728 e. The highest BCUT2D eigenvalue weighted by molar-refractivity contribution is 7.10. The molecule has 80 valence electrons.